The fourth-order valence-electron chi connectivity index (χ4n) is 3.43. The van der Waals surface area contributed by atoms with Gasteiger partial charge in [-0.25, -0.2) is 4.39 Å². The average molecular weight is 393 g/mol. The molecule has 0 saturated carbocycles. The third kappa shape index (κ3) is 4.51. The summed E-state index contributed by atoms with van der Waals surface area (Å²) in [6.07, 6.45) is 1.87. The van der Waals surface area contributed by atoms with E-state index in [1.165, 1.54) is 18.2 Å². The van der Waals surface area contributed by atoms with Crippen molar-refractivity contribution in [3.8, 4) is 11.5 Å². The molecule has 1 saturated heterocycles. The Morgan fingerprint density at radius 1 is 1.26 bits per heavy atom. The van der Waals surface area contributed by atoms with Crippen molar-refractivity contribution in [1.29, 1.82) is 0 Å². The summed E-state index contributed by atoms with van der Waals surface area (Å²) in [4.78, 5) is 14.5. The summed E-state index contributed by atoms with van der Waals surface area (Å²) in [5.74, 6) is 0.696. The van der Waals surface area contributed by atoms with E-state index >= 15 is 0 Å². The van der Waals surface area contributed by atoms with Gasteiger partial charge in [0.05, 0.1) is 26.5 Å². The minimum atomic E-state index is -0.514. The van der Waals surface area contributed by atoms with Crippen LogP contribution in [0.2, 0.25) is 5.02 Å². The number of carbonyl (C=O) groups is 1. The second kappa shape index (κ2) is 8.59. The van der Waals surface area contributed by atoms with Gasteiger partial charge < -0.3 is 14.8 Å². The van der Waals surface area contributed by atoms with Crippen LogP contribution in [0.25, 0.3) is 0 Å². The summed E-state index contributed by atoms with van der Waals surface area (Å²) in [7, 11) is 3.24. The van der Waals surface area contributed by atoms with Crippen LogP contribution in [0.3, 0.4) is 0 Å². The van der Waals surface area contributed by atoms with Gasteiger partial charge in [0.15, 0.2) is 0 Å². The molecule has 0 unspecified atom stereocenters. The number of benzene rings is 2. The van der Waals surface area contributed by atoms with Gasteiger partial charge in [-0.1, -0.05) is 11.6 Å². The van der Waals surface area contributed by atoms with Crippen LogP contribution in [-0.4, -0.2) is 38.1 Å². The second-order valence-corrected chi connectivity index (χ2v) is 6.85. The lowest BCUT2D eigenvalue weighted by Gasteiger charge is -2.26. The Bertz CT molecular complexity index is 831. The summed E-state index contributed by atoms with van der Waals surface area (Å²) in [6.45, 7) is 0.924. The van der Waals surface area contributed by atoms with E-state index in [-0.39, 0.29) is 24.2 Å². The number of anilines is 1. The van der Waals surface area contributed by atoms with Crippen molar-refractivity contribution in [3.05, 3.63) is 52.8 Å². The van der Waals surface area contributed by atoms with Crippen LogP contribution in [0.4, 0.5) is 10.1 Å². The van der Waals surface area contributed by atoms with E-state index < -0.39 is 5.82 Å². The number of nitrogens with one attached hydrogen (secondary N) is 1. The molecular weight excluding hydrogens is 371 g/mol. The maximum atomic E-state index is 13.8. The van der Waals surface area contributed by atoms with Crippen LogP contribution in [0, 0.1) is 5.82 Å². The minimum Gasteiger partial charge on any atom is -0.497 e. The Morgan fingerprint density at radius 3 is 2.81 bits per heavy atom. The van der Waals surface area contributed by atoms with E-state index in [2.05, 4.69) is 10.2 Å². The summed E-state index contributed by atoms with van der Waals surface area (Å²) in [6, 6.07) is 9.76. The SMILES string of the molecule is COc1ccc(OC)c([C@H]2CCCN2CC(=O)Nc2cc(Cl)ccc2F)c1. The first kappa shape index (κ1) is 19.5. The predicted molar refractivity (Wildman–Crippen MR) is 103 cm³/mol. The molecule has 1 aliphatic rings. The van der Waals surface area contributed by atoms with Crippen molar-refractivity contribution in [2.24, 2.45) is 0 Å². The topological polar surface area (TPSA) is 50.8 Å². The maximum Gasteiger partial charge on any atom is 0.238 e. The number of rotatable bonds is 6. The van der Waals surface area contributed by atoms with Crippen LogP contribution in [-0.2, 0) is 4.79 Å². The van der Waals surface area contributed by atoms with Gasteiger partial charge in [-0.3, -0.25) is 9.69 Å². The highest BCUT2D eigenvalue weighted by Crippen LogP contribution is 2.38. The smallest absolute Gasteiger partial charge is 0.238 e. The van der Waals surface area contributed by atoms with Crippen molar-refractivity contribution in [3.63, 3.8) is 0 Å². The zero-order valence-electron chi connectivity index (χ0n) is 15.3. The van der Waals surface area contributed by atoms with E-state index in [0.29, 0.717) is 5.02 Å². The molecule has 3 rings (SSSR count). The highest BCUT2D eigenvalue weighted by atomic mass is 35.5. The summed E-state index contributed by atoms with van der Waals surface area (Å²) < 4.78 is 24.7. The Morgan fingerprint density at radius 2 is 2.07 bits per heavy atom. The zero-order chi connectivity index (χ0) is 19.4. The third-order valence-corrected chi connectivity index (χ3v) is 4.94. The lowest BCUT2D eigenvalue weighted by molar-refractivity contribution is -0.117. The van der Waals surface area contributed by atoms with Gasteiger partial charge in [-0.2, -0.15) is 0 Å². The standard InChI is InChI=1S/C20H22ClFN2O3/c1-26-14-6-8-19(27-2)15(11-14)18-4-3-9-24(18)12-20(25)23-17-10-13(21)5-7-16(17)22/h5-8,10-11,18H,3-4,9,12H2,1-2H3,(H,23,25)/t18-/m1/s1. The first-order valence-corrected chi connectivity index (χ1v) is 9.10. The lowest BCUT2D eigenvalue weighted by atomic mass is 10.0. The largest absolute Gasteiger partial charge is 0.497 e. The molecule has 0 aliphatic carbocycles. The fourth-order valence-corrected chi connectivity index (χ4v) is 3.61. The third-order valence-electron chi connectivity index (χ3n) is 4.71. The number of hydrogen-bond acceptors (Lipinski definition) is 4. The molecule has 2 aromatic carbocycles. The van der Waals surface area contributed by atoms with E-state index in [1.807, 2.05) is 18.2 Å². The Hall–Kier alpha value is -2.31. The first-order valence-electron chi connectivity index (χ1n) is 8.72. The monoisotopic (exact) mass is 392 g/mol. The minimum absolute atomic E-state index is 0.0324. The molecule has 1 amide bonds. The second-order valence-electron chi connectivity index (χ2n) is 6.41. The molecule has 27 heavy (non-hydrogen) atoms. The molecule has 2 aromatic rings. The highest BCUT2D eigenvalue weighted by molar-refractivity contribution is 6.30. The van der Waals surface area contributed by atoms with Crippen molar-refractivity contribution in [2.75, 3.05) is 32.6 Å². The van der Waals surface area contributed by atoms with Crippen LogP contribution in [0.5, 0.6) is 11.5 Å². The Kier molecular flexibility index (Phi) is 6.19. The molecule has 0 aromatic heterocycles. The van der Waals surface area contributed by atoms with Crippen molar-refractivity contribution >= 4 is 23.2 Å². The number of carbonyl (C=O) groups excluding carboxylic acids is 1. The van der Waals surface area contributed by atoms with Gasteiger partial charge in [-0.15, -0.1) is 0 Å². The number of nitrogens with zero attached hydrogens (tertiary/aromatic N) is 1. The van der Waals surface area contributed by atoms with E-state index in [4.69, 9.17) is 21.1 Å². The number of ether oxygens (including phenoxy) is 2. The van der Waals surface area contributed by atoms with Crippen molar-refractivity contribution in [2.45, 2.75) is 18.9 Å². The number of amides is 1. The molecule has 1 N–H and O–H groups in total. The van der Waals surface area contributed by atoms with Gasteiger partial charge in [0, 0.05) is 16.6 Å². The molecule has 1 aliphatic heterocycles. The number of halogens is 2. The van der Waals surface area contributed by atoms with Crippen LogP contribution < -0.4 is 14.8 Å². The Balaban J connectivity index is 1.75. The molecule has 144 valence electrons. The average Bonchev–Trinajstić information content (AvgIpc) is 3.11. The van der Waals surface area contributed by atoms with Gasteiger partial charge in [0.25, 0.3) is 0 Å². The zero-order valence-corrected chi connectivity index (χ0v) is 16.1. The predicted octanol–water partition coefficient (Wildman–Crippen LogP) is 4.27. The van der Waals surface area contributed by atoms with Gasteiger partial charge in [-0.05, 0) is 55.8 Å². The lowest BCUT2D eigenvalue weighted by Crippen LogP contribution is -2.33. The summed E-state index contributed by atoms with van der Waals surface area (Å²) >= 11 is 5.88. The molecule has 5 nitrogen and oxygen atoms in total. The molecule has 0 spiro atoms. The molecular formula is C20H22ClFN2O3. The summed E-state index contributed by atoms with van der Waals surface area (Å²) in [5, 5.41) is 2.97. The molecule has 1 atom stereocenters. The highest BCUT2D eigenvalue weighted by Gasteiger charge is 2.30. The van der Waals surface area contributed by atoms with Crippen molar-refractivity contribution < 1.29 is 18.7 Å². The molecule has 0 bridgehead atoms. The number of likely N-dealkylation sites (tertiary alicyclic amines) is 1. The molecule has 1 fully saturated rings. The maximum absolute atomic E-state index is 13.8. The van der Waals surface area contributed by atoms with Gasteiger partial charge >= 0.3 is 0 Å². The quantitative estimate of drug-likeness (QED) is 0.797. The van der Waals surface area contributed by atoms with E-state index in [9.17, 15) is 9.18 Å². The number of methoxy groups -OCH3 is 2. The van der Waals surface area contributed by atoms with Crippen LogP contribution >= 0.6 is 11.6 Å². The van der Waals surface area contributed by atoms with Gasteiger partial charge in [0.2, 0.25) is 5.91 Å². The molecule has 0 radical (unpaired) electrons. The number of hydrogen-bond donors (Lipinski definition) is 1. The normalized spacial score (nSPS) is 17.0. The van der Waals surface area contributed by atoms with Crippen LogP contribution in [0.15, 0.2) is 36.4 Å². The van der Waals surface area contributed by atoms with E-state index in [1.54, 1.807) is 14.2 Å². The summed E-state index contributed by atoms with van der Waals surface area (Å²) in [5.41, 5.74) is 1.07. The first-order chi connectivity index (χ1) is 13.0. The Labute approximate surface area is 163 Å². The molecule has 1 heterocycles. The van der Waals surface area contributed by atoms with Gasteiger partial charge in [0.1, 0.15) is 17.3 Å². The van der Waals surface area contributed by atoms with Crippen molar-refractivity contribution in [1.82, 2.24) is 4.90 Å². The fraction of sp³-hybridized carbons (Fsp3) is 0.350. The van der Waals surface area contributed by atoms with E-state index in [0.717, 1.165) is 36.4 Å². The molecule has 7 heteroatoms. The van der Waals surface area contributed by atoms with Crippen LogP contribution in [0.1, 0.15) is 24.4 Å².